The van der Waals surface area contributed by atoms with E-state index in [0.717, 1.165) is 27.0 Å². The quantitative estimate of drug-likeness (QED) is 0.661. The highest BCUT2D eigenvalue weighted by molar-refractivity contribution is 7.15. The number of benzene rings is 1. The van der Waals surface area contributed by atoms with E-state index in [2.05, 4.69) is 36.1 Å². The van der Waals surface area contributed by atoms with E-state index in [1.165, 1.54) is 0 Å². The van der Waals surface area contributed by atoms with Gasteiger partial charge in [0, 0.05) is 22.3 Å². The Bertz CT molecular complexity index is 867. The van der Waals surface area contributed by atoms with Gasteiger partial charge in [0.25, 0.3) is 0 Å². The SMILES string of the molecule is Cc1nc(C(C)(C)C)sc1-c1ccnc(Nc2cccc(Cl)c2)n1. The third-order valence-corrected chi connectivity index (χ3v) is 5.25. The number of anilines is 2. The van der Waals surface area contributed by atoms with Gasteiger partial charge in [0.2, 0.25) is 5.95 Å². The van der Waals surface area contributed by atoms with E-state index in [4.69, 9.17) is 16.6 Å². The Morgan fingerprint density at radius 2 is 1.92 bits per heavy atom. The minimum atomic E-state index is 0.0303. The Labute approximate surface area is 151 Å². The number of rotatable bonds is 3. The van der Waals surface area contributed by atoms with Gasteiger partial charge in [0.15, 0.2) is 0 Å². The van der Waals surface area contributed by atoms with Gasteiger partial charge in [-0.2, -0.15) is 0 Å². The number of thiazole rings is 1. The molecule has 3 rings (SSSR count). The van der Waals surface area contributed by atoms with Crippen molar-refractivity contribution >= 4 is 34.6 Å². The average Bonchev–Trinajstić information content (AvgIpc) is 2.90. The van der Waals surface area contributed by atoms with Crippen molar-refractivity contribution in [1.29, 1.82) is 0 Å². The van der Waals surface area contributed by atoms with Crippen molar-refractivity contribution in [2.24, 2.45) is 0 Å². The predicted octanol–water partition coefficient (Wildman–Crippen LogP) is 5.60. The molecule has 3 aromatic rings. The van der Waals surface area contributed by atoms with Gasteiger partial charge in [-0.15, -0.1) is 11.3 Å². The first kappa shape index (κ1) is 16.9. The van der Waals surface area contributed by atoms with Crippen molar-refractivity contribution in [2.75, 3.05) is 5.32 Å². The fourth-order valence-electron chi connectivity index (χ4n) is 2.20. The summed E-state index contributed by atoms with van der Waals surface area (Å²) in [6.45, 7) is 8.52. The molecule has 0 bridgehead atoms. The van der Waals surface area contributed by atoms with E-state index in [0.29, 0.717) is 11.0 Å². The molecule has 1 aromatic carbocycles. The summed E-state index contributed by atoms with van der Waals surface area (Å²) in [7, 11) is 0. The van der Waals surface area contributed by atoms with Crippen LogP contribution in [0.15, 0.2) is 36.5 Å². The standard InChI is InChI=1S/C18H19ClN4S/c1-11-15(24-16(21-11)18(2,3)4)14-8-9-20-17(23-14)22-13-7-5-6-12(19)10-13/h5-10H,1-4H3,(H,20,22,23). The second-order valence-electron chi connectivity index (χ2n) is 6.58. The van der Waals surface area contributed by atoms with Crippen LogP contribution in [0.5, 0.6) is 0 Å². The molecule has 0 radical (unpaired) electrons. The topological polar surface area (TPSA) is 50.7 Å². The lowest BCUT2D eigenvalue weighted by molar-refractivity contribution is 0.584. The van der Waals surface area contributed by atoms with Gasteiger partial charge in [0.05, 0.1) is 21.3 Å². The van der Waals surface area contributed by atoms with Gasteiger partial charge in [-0.1, -0.05) is 38.4 Å². The minimum absolute atomic E-state index is 0.0303. The van der Waals surface area contributed by atoms with Crippen molar-refractivity contribution < 1.29 is 0 Å². The van der Waals surface area contributed by atoms with Crippen molar-refractivity contribution in [3.63, 3.8) is 0 Å². The maximum absolute atomic E-state index is 6.02. The van der Waals surface area contributed by atoms with Gasteiger partial charge in [-0.05, 0) is 31.2 Å². The molecule has 6 heteroatoms. The van der Waals surface area contributed by atoms with Crippen LogP contribution in [0.25, 0.3) is 10.6 Å². The lowest BCUT2D eigenvalue weighted by Gasteiger charge is -2.13. The second kappa shape index (κ2) is 6.49. The molecule has 0 aliphatic rings. The van der Waals surface area contributed by atoms with Gasteiger partial charge in [-0.3, -0.25) is 0 Å². The van der Waals surface area contributed by atoms with Crippen LogP contribution in [-0.4, -0.2) is 15.0 Å². The molecule has 124 valence electrons. The van der Waals surface area contributed by atoms with Crippen molar-refractivity contribution in [3.05, 3.63) is 52.3 Å². The van der Waals surface area contributed by atoms with Crippen LogP contribution >= 0.6 is 22.9 Å². The molecule has 4 nitrogen and oxygen atoms in total. The second-order valence-corrected chi connectivity index (χ2v) is 8.02. The third kappa shape index (κ3) is 3.74. The number of aryl methyl sites for hydroxylation is 1. The Kier molecular flexibility index (Phi) is 4.56. The normalized spacial score (nSPS) is 11.5. The van der Waals surface area contributed by atoms with E-state index in [-0.39, 0.29) is 5.41 Å². The van der Waals surface area contributed by atoms with Crippen molar-refractivity contribution in [2.45, 2.75) is 33.1 Å². The van der Waals surface area contributed by atoms with Crippen LogP contribution in [0.1, 0.15) is 31.5 Å². The van der Waals surface area contributed by atoms with Crippen LogP contribution in [0.3, 0.4) is 0 Å². The zero-order valence-corrected chi connectivity index (χ0v) is 15.7. The number of aromatic nitrogens is 3. The van der Waals surface area contributed by atoms with Crippen LogP contribution in [0.4, 0.5) is 11.6 Å². The van der Waals surface area contributed by atoms with Crippen LogP contribution in [-0.2, 0) is 5.41 Å². The summed E-state index contributed by atoms with van der Waals surface area (Å²) in [5.41, 5.74) is 2.76. The van der Waals surface area contributed by atoms with Crippen LogP contribution in [0.2, 0.25) is 5.02 Å². The molecule has 0 aliphatic carbocycles. The largest absolute Gasteiger partial charge is 0.324 e. The zero-order chi connectivity index (χ0) is 17.3. The molecule has 0 amide bonds. The molecule has 0 aliphatic heterocycles. The molecule has 0 unspecified atom stereocenters. The Morgan fingerprint density at radius 3 is 2.58 bits per heavy atom. The smallest absolute Gasteiger partial charge is 0.227 e. The molecule has 2 heterocycles. The highest BCUT2D eigenvalue weighted by Gasteiger charge is 2.21. The van der Waals surface area contributed by atoms with E-state index < -0.39 is 0 Å². The first-order valence-corrected chi connectivity index (χ1v) is 8.86. The highest BCUT2D eigenvalue weighted by Crippen LogP contribution is 2.35. The maximum atomic E-state index is 6.02. The molecular formula is C18H19ClN4S. The highest BCUT2D eigenvalue weighted by atomic mass is 35.5. The zero-order valence-electron chi connectivity index (χ0n) is 14.1. The molecule has 0 saturated heterocycles. The van der Waals surface area contributed by atoms with Gasteiger partial charge < -0.3 is 5.32 Å². The number of halogens is 1. The fraction of sp³-hybridized carbons (Fsp3) is 0.278. The van der Waals surface area contributed by atoms with E-state index in [1.807, 2.05) is 37.3 Å². The van der Waals surface area contributed by atoms with Gasteiger partial charge >= 0.3 is 0 Å². The Balaban J connectivity index is 1.92. The summed E-state index contributed by atoms with van der Waals surface area (Å²) < 4.78 is 0. The van der Waals surface area contributed by atoms with E-state index >= 15 is 0 Å². The first-order chi connectivity index (χ1) is 11.3. The average molecular weight is 359 g/mol. The molecule has 0 atom stereocenters. The lowest BCUT2D eigenvalue weighted by Crippen LogP contribution is -2.10. The van der Waals surface area contributed by atoms with Gasteiger partial charge in [0.1, 0.15) is 0 Å². The van der Waals surface area contributed by atoms with Crippen molar-refractivity contribution in [1.82, 2.24) is 15.0 Å². The minimum Gasteiger partial charge on any atom is -0.324 e. The summed E-state index contributed by atoms with van der Waals surface area (Å²) in [6, 6.07) is 9.40. The van der Waals surface area contributed by atoms with Crippen LogP contribution < -0.4 is 5.32 Å². The molecule has 0 saturated carbocycles. The number of hydrogen-bond acceptors (Lipinski definition) is 5. The Hall–Kier alpha value is -1.98. The number of nitrogens with zero attached hydrogens (tertiary/aromatic N) is 3. The molecule has 24 heavy (non-hydrogen) atoms. The number of hydrogen-bond donors (Lipinski definition) is 1. The van der Waals surface area contributed by atoms with E-state index in [9.17, 15) is 0 Å². The summed E-state index contributed by atoms with van der Waals surface area (Å²) in [6.07, 6.45) is 1.76. The maximum Gasteiger partial charge on any atom is 0.227 e. The molecular weight excluding hydrogens is 340 g/mol. The summed E-state index contributed by atoms with van der Waals surface area (Å²) >= 11 is 7.70. The molecule has 1 N–H and O–H groups in total. The molecule has 0 spiro atoms. The summed E-state index contributed by atoms with van der Waals surface area (Å²) in [5, 5.41) is 4.97. The Morgan fingerprint density at radius 1 is 1.12 bits per heavy atom. The summed E-state index contributed by atoms with van der Waals surface area (Å²) in [5.74, 6) is 0.542. The van der Waals surface area contributed by atoms with E-state index in [1.54, 1.807) is 17.5 Å². The first-order valence-electron chi connectivity index (χ1n) is 7.67. The monoisotopic (exact) mass is 358 g/mol. The van der Waals surface area contributed by atoms with Gasteiger partial charge in [-0.25, -0.2) is 15.0 Å². The van der Waals surface area contributed by atoms with Crippen LogP contribution in [0, 0.1) is 6.92 Å². The van der Waals surface area contributed by atoms with Crippen molar-refractivity contribution in [3.8, 4) is 10.6 Å². The lowest BCUT2D eigenvalue weighted by atomic mass is 9.98. The molecule has 2 aromatic heterocycles. The fourth-order valence-corrected chi connectivity index (χ4v) is 3.48. The summed E-state index contributed by atoms with van der Waals surface area (Å²) in [4.78, 5) is 14.7. The number of nitrogens with one attached hydrogen (secondary N) is 1. The third-order valence-electron chi connectivity index (χ3n) is 3.41. The predicted molar refractivity (Wildman–Crippen MR) is 101 cm³/mol. The molecule has 0 fully saturated rings.